The molecule has 1 N–H and O–H groups in total. The van der Waals surface area contributed by atoms with Crippen LogP contribution in [0.4, 0.5) is 5.95 Å². The molecule has 0 aliphatic carbocycles. The Bertz CT molecular complexity index is 538. The number of hydrogen-bond acceptors (Lipinski definition) is 2. The molecule has 0 saturated heterocycles. The lowest BCUT2D eigenvalue weighted by Crippen LogP contribution is -1.76. The summed E-state index contributed by atoms with van der Waals surface area (Å²) in [6, 6.07) is 8.05. The molecule has 2 aromatic rings. The summed E-state index contributed by atoms with van der Waals surface area (Å²) in [6.45, 7) is 1.95. The number of hydrogen-bond donors (Lipinski definition) is 1. The summed E-state index contributed by atoms with van der Waals surface area (Å²) in [5, 5.41) is 0. The van der Waals surface area contributed by atoms with Crippen LogP contribution in [0.2, 0.25) is 0 Å². The number of rotatable bonds is 3. The predicted molar refractivity (Wildman–Crippen MR) is 74.7 cm³/mol. The maximum absolute atomic E-state index is 4.19. The lowest BCUT2D eigenvalue weighted by atomic mass is 10.2. The average Bonchev–Trinajstić information content (AvgIpc) is 2.79. The number of H-pyrrole nitrogens is 1. The Morgan fingerprint density at radius 2 is 2.06 bits per heavy atom. The van der Waals surface area contributed by atoms with Crippen LogP contribution in [0, 0.1) is 0 Å². The van der Waals surface area contributed by atoms with Crippen LogP contribution < -0.4 is 0 Å². The molecule has 0 unspecified atom stereocenters. The van der Waals surface area contributed by atoms with Gasteiger partial charge >= 0.3 is 0 Å². The maximum atomic E-state index is 4.19. The molecule has 2 rings (SSSR count). The maximum Gasteiger partial charge on any atom is 0.227 e. The number of aromatic amines is 1. The van der Waals surface area contributed by atoms with E-state index in [1.54, 1.807) is 12.4 Å². The van der Waals surface area contributed by atoms with Gasteiger partial charge in [0.25, 0.3) is 0 Å². The molecule has 0 radical (unpaired) electrons. The molecule has 0 aliphatic heterocycles. The first-order valence-electron chi connectivity index (χ1n) is 5.26. The van der Waals surface area contributed by atoms with Gasteiger partial charge in [-0.05, 0) is 30.7 Å². The molecular formula is C13H12BrN3. The Labute approximate surface area is 108 Å². The van der Waals surface area contributed by atoms with Gasteiger partial charge in [0, 0.05) is 10.7 Å². The minimum absolute atomic E-state index is 0.612. The van der Waals surface area contributed by atoms with Crippen molar-refractivity contribution in [3.63, 3.8) is 0 Å². The minimum atomic E-state index is 0.612. The van der Waals surface area contributed by atoms with E-state index in [-0.39, 0.29) is 0 Å². The molecule has 0 fully saturated rings. The SMILES string of the molecule is C/C=C\C=N/c1ncc(-c2ccc(Br)cc2)[nH]1. The van der Waals surface area contributed by atoms with Gasteiger partial charge in [-0.25, -0.2) is 9.98 Å². The van der Waals surface area contributed by atoms with E-state index < -0.39 is 0 Å². The quantitative estimate of drug-likeness (QED) is 0.849. The van der Waals surface area contributed by atoms with Gasteiger partial charge in [-0.2, -0.15) is 0 Å². The topological polar surface area (TPSA) is 41.0 Å². The number of nitrogens with one attached hydrogen (secondary N) is 1. The molecule has 3 nitrogen and oxygen atoms in total. The standard InChI is InChI=1S/C13H12BrN3/c1-2-3-8-15-13-16-9-12(17-13)10-4-6-11(14)7-5-10/h2-9H,1H3,(H,16,17)/b3-2-,15-8-. The second-order valence-corrected chi connectivity index (χ2v) is 4.35. The zero-order valence-corrected chi connectivity index (χ0v) is 11.0. The highest BCUT2D eigenvalue weighted by atomic mass is 79.9. The fourth-order valence-corrected chi connectivity index (χ4v) is 1.62. The minimum Gasteiger partial charge on any atom is -0.322 e. The molecule has 86 valence electrons. The fraction of sp³-hybridized carbons (Fsp3) is 0.0769. The molecule has 1 aromatic carbocycles. The summed E-state index contributed by atoms with van der Waals surface area (Å²) in [5.74, 6) is 0.612. The van der Waals surface area contributed by atoms with Gasteiger partial charge in [-0.1, -0.05) is 34.1 Å². The lowest BCUT2D eigenvalue weighted by molar-refractivity contribution is 1.25. The highest BCUT2D eigenvalue weighted by Crippen LogP contribution is 2.21. The molecule has 17 heavy (non-hydrogen) atoms. The molecule has 1 heterocycles. The van der Waals surface area contributed by atoms with Gasteiger partial charge in [0.2, 0.25) is 5.95 Å². The fourth-order valence-electron chi connectivity index (χ4n) is 1.35. The second kappa shape index (κ2) is 5.59. The van der Waals surface area contributed by atoms with E-state index in [0.29, 0.717) is 5.95 Å². The van der Waals surface area contributed by atoms with Crippen molar-refractivity contribution in [1.82, 2.24) is 9.97 Å². The number of aromatic nitrogens is 2. The van der Waals surface area contributed by atoms with E-state index in [1.165, 1.54) is 0 Å². The first kappa shape index (κ1) is 11.8. The summed E-state index contributed by atoms with van der Waals surface area (Å²) in [5.41, 5.74) is 2.05. The van der Waals surface area contributed by atoms with Crippen LogP contribution >= 0.6 is 15.9 Å². The Morgan fingerprint density at radius 1 is 1.29 bits per heavy atom. The largest absolute Gasteiger partial charge is 0.322 e. The Morgan fingerprint density at radius 3 is 2.76 bits per heavy atom. The van der Waals surface area contributed by atoms with Crippen molar-refractivity contribution < 1.29 is 0 Å². The van der Waals surface area contributed by atoms with E-state index in [2.05, 4.69) is 30.9 Å². The van der Waals surface area contributed by atoms with Gasteiger partial charge in [-0.15, -0.1) is 0 Å². The van der Waals surface area contributed by atoms with Crippen LogP contribution in [0.15, 0.2) is 52.1 Å². The number of benzene rings is 1. The zero-order valence-electron chi connectivity index (χ0n) is 9.39. The van der Waals surface area contributed by atoms with Crippen molar-refractivity contribution in [2.45, 2.75) is 6.92 Å². The van der Waals surface area contributed by atoms with E-state index in [4.69, 9.17) is 0 Å². The van der Waals surface area contributed by atoms with Crippen molar-refractivity contribution in [2.24, 2.45) is 4.99 Å². The van der Waals surface area contributed by atoms with Gasteiger partial charge in [-0.3, -0.25) is 0 Å². The highest BCUT2D eigenvalue weighted by molar-refractivity contribution is 9.10. The molecule has 0 spiro atoms. The highest BCUT2D eigenvalue weighted by Gasteiger charge is 2.01. The number of halogens is 1. The first-order valence-corrected chi connectivity index (χ1v) is 6.05. The molecule has 4 heteroatoms. The second-order valence-electron chi connectivity index (χ2n) is 3.43. The molecule has 0 aliphatic rings. The van der Waals surface area contributed by atoms with Gasteiger partial charge in [0.05, 0.1) is 11.9 Å². The number of nitrogens with zero attached hydrogens (tertiary/aromatic N) is 2. The van der Waals surface area contributed by atoms with E-state index in [1.807, 2.05) is 43.3 Å². The van der Waals surface area contributed by atoms with Crippen molar-refractivity contribution >= 4 is 28.1 Å². The van der Waals surface area contributed by atoms with Crippen LogP contribution in [-0.4, -0.2) is 16.2 Å². The summed E-state index contributed by atoms with van der Waals surface area (Å²) in [4.78, 5) is 11.5. The van der Waals surface area contributed by atoms with Crippen molar-refractivity contribution in [3.05, 3.63) is 47.1 Å². The monoisotopic (exact) mass is 289 g/mol. The number of allylic oxidation sites excluding steroid dienone is 2. The van der Waals surface area contributed by atoms with Gasteiger partial charge in [0.15, 0.2) is 0 Å². The average molecular weight is 290 g/mol. The van der Waals surface area contributed by atoms with Gasteiger partial charge in [0.1, 0.15) is 0 Å². The molecule has 0 amide bonds. The third-order valence-electron chi connectivity index (χ3n) is 2.19. The summed E-state index contributed by atoms with van der Waals surface area (Å²) in [7, 11) is 0. The molecule has 0 bridgehead atoms. The van der Waals surface area contributed by atoms with Crippen molar-refractivity contribution in [3.8, 4) is 11.3 Å². The third kappa shape index (κ3) is 3.14. The number of aliphatic imine (C=N–C) groups is 1. The van der Waals surface area contributed by atoms with Crippen LogP contribution in [0.3, 0.4) is 0 Å². The summed E-state index contributed by atoms with van der Waals surface area (Å²) in [6.07, 6.45) is 7.28. The smallest absolute Gasteiger partial charge is 0.227 e. The molecular weight excluding hydrogens is 278 g/mol. The van der Waals surface area contributed by atoms with Crippen LogP contribution in [-0.2, 0) is 0 Å². The van der Waals surface area contributed by atoms with E-state index >= 15 is 0 Å². The van der Waals surface area contributed by atoms with Crippen LogP contribution in [0.25, 0.3) is 11.3 Å². The number of imidazole rings is 1. The summed E-state index contributed by atoms with van der Waals surface area (Å²) >= 11 is 3.41. The lowest BCUT2D eigenvalue weighted by Gasteiger charge is -1.96. The summed E-state index contributed by atoms with van der Waals surface area (Å²) < 4.78 is 1.06. The first-order chi connectivity index (χ1) is 8.29. The van der Waals surface area contributed by atoms with Gasteiger partial charge < -0.3 is 4.98 Å². The zero-order chi connectivity index (χ0) is 12.1. The van der Waals surface area contributed by atoms with Crippen molar-refractivity contribution in [2.75, 3.05) is 0 Å². The van der Waals surface area contributed by atoms with E-state index in [0.717, 1.165) is 15.7 Å². The predicted octanol–water partition coefficient (Wildman–Crippen LogP) is 4.12. The van der Waals surface area contributed by atoms with Crippen molar-refractivity contribution in [1.29, 1.82) is 0 Å². The Kier molecular flexibility index (Phi) is 3.88. The Balaban J connectivity index is 2.20. The molecule has 1 aromatic heterocycles. The Hall–Kier alpha value is -1.68. The molecule has 0 atom stereocenters. The molecule has 0 saturated carbocycles. The third-order valence-corrected chi connectivity index (χ3v) is 2.72. The van der Waals surface area contributed by atoms with Crippen LogP contribution in [0.5, 0.6) is 0 Å². The van der Waals surface area contributed by atoms with Crippen LogP contribution in [0.1, 0.15) is 6.92 Å². The van der Waals surface area contributed by atoms with E-state index in [9.17, 15) is 0 Å². The normalized spacial score (nSPS) is 11.6.